The number of methoxy groups -OCH3 is 1. The van der Waals surface area contributed by atoms with Crippen LogP contribution in [-0.4, -0.2) is 27.2 Å². The van der Waals surface area contributed by atoms with Gasteiger partial charge in [-0.1, -0.05) is 17.7 Å². The number of benzene rings is 1. The summed E-state index contributed by atoms with van der Waals surface area (Å²) in [4.78, 5) is 13.7. The zero-order chi connectivity index (χ0) is 14.8. The third-order valence-electron chi connectivity index (χ3n) is 3.32. The van der Waals surface area contributed by atoms with Gasteiger partial charge in [-0.15, -0.1) is 12.4 Å². The average molecular weight is 321 g/mol. The van der Waals surface area contributed by atoms with Crippen LogP contribution in [0.2, 0.25) is 5.02 Å². The molecule has 0 spiro atoms. The fourth-order valence-corrected chi connectivity index (χ4v) is 2.12. The maximum absolute atomic E-state index is 11.8. The number of rotatable bonds is 4. The van der Waals surface area contributed by atoms with Crippen LogP contribution >= 0.6 is 24.0 Å². The number of nitrogens with zero attached hydrogens (tertiary/aromatic N) is 1. The minimum atomic E-state index is -0.835. The van der Waals surface area contributed by atoms with E-state index >= 15 is 0 Å². The van der Waals surface area contributed by atoms with E-state index in [1.165, 1.54) is 7.11 Å². The van der Waals surface area contributed by atoms with Gasteiger partial charge in [0.2, 0.25) is 0 Å². The second kappa shape index (κ2) is 7.16. The van der Waals surface area contributed by atoms with Crippen LogP contribution in [0.4, 0.5) is 5.69 Å². The topological polar surface area (TPSA) is 55.6 Å². The van der Waals surface area contributed by atoms with Gasteiger partial charge < -0.3 is 15.4 Å². The Morgan fingerprint density at radius 2 is 1.95 bits per heavy atom. The smallest absolute Gasteiger partial charge is 0.313 e. The van der Waals surface area contributed by atoms with Crippen LogP contribution in [0.1, 0.15) is 25.5 Å². The minimum absolute atomic E-state index is 0. The van der Waals surface area contributed by atoms with E-state index in [4.69, 9.17) is 22.1 Å². The molecule has 20 heavy (non-hydrogen) atoms. The monoisotopic (exact) mass is 320 g/mol. The molecule has 6 heteroatoms. The van der Waals surface area contributed by atoms with E-state index < -0.39 is 11.5 Å². The fraction of sp³-hybridized carbons (Fsp3) is 0.500. The van der Waals surface area contributed by atoms with Crippen LogP contribution in [0.25, 0.3) is 0 Å². The van der Waals surface area contributed by atoms with Gasteiger partial charge in [-0.25, -0.2) is 0 Å². The van der Waals surface area contributed by atoms with E-state index in [2.05, 4.69) is 0 Å². The number of anilines is 1. The lowest BCUT2D eigenvalue weighted by Gasteiger charge is -2.29. The second-order valence-electron chi connectivity index (χ2n) is 5.29. The van der Waals surface area contributed by atoms with Gasteiger partial charge in [-0.2, -0.15) is 0 Å². The van der Waals surface area contributed by atoms with Gasteiger partial charge in [0.05, 0.1) is 12.5 Å². The summed E-state index contributed by atoms with van der Waals surface area (Å²) in [7, 11) is 5.22. The second-order valence-corrected chi connectivity index (χ2v) is 5.70. The Morgan fingerprint density at radius 1 is 1.40 bits per heavy atom. The summed E-state index contributed by atoms with van der Waals surface area (Å²) < 4.78 is 4.79. The Kier molecular flexibility index (Phi) is 6.81. The molecule has 114 valence electrons. The number of ether oxygens (including phenoxy) is 1. The summed E-state index contributed by atoms with van der Waals surface area (Å²) in [5, 5.41) is 0.552. The standard InChI is InChI=1S/C14H21ClN2O2.ClH/c1-14(2,13(18)19-5)12(16)10-7-6-9(17(3)4)8-11(10)15;/h6-8,12H,16H2,1-5H3;1H/t12-;/m0./s1. The van der Waals surface area contributed by atoms with Crippen LogP contribution in [0.15, 0.2) is 18.2 Å². The summed E-state index contributed by atoms with van der Waals surface area (Å²) in [6, 6.07) is 5.09. The molecular weight excluding hydrogens is 299 g/mol. The lowest BCUT2D eigenvalue weighted by atomic mass is 9.81. The van der Waals surface area contributed by atoms with Crippen molar-refractivity contribution in [3.63, 3.8) is 0 Å². The number of hydrogen-bond donors (Lipinski definition) is 1. The van der Waals surface area contributed by atoms with E-state index in [1.54, 1.807) is 13.8 Å². The van der Waals surface area contributed by atoms with Gasteiger partial charge in [0.1, 0.15) is 0 Å². The molecule has 0 amide bonds. The van der Waals surface area contributed by atoms with Crippen molar-refractivity contribution in [2.24, 2.45) is 11.1 Å². The average Bonchev–Trinajstić information content (AvgIpc) is 2.36. The molecule has 0 saturated carbocycles. The third-order valence-corrected chi connectivity index (χ3v) is 3.65. The molecule has 0 aliphatic rings. The summed E-state index contributed by atoms with van der Waals surface area (Å²) >= 11 is 6.26. The zero-order valence-corrected chi connectivity index (χ0v) is 14.0. The molecule has 0 aliphatic heterocycles. The number of nitrogens with two attached hydrogens (primary N) is 1. The van der Waals surface area contributed by atoms with Gasteiger partial charge in [0.15, 0.2) is 0 Å². The molecule has 0 saturated heterocycles. The van der Waals surface area contributed by atoms with Crippen LogP contribution < -0.4 is 10.6 Å². The Hall–Kier alpha value is -0.970. The van der Waals surface area contributed by atoms with E-state index in [0.29, 0.717) is 5.02 Å². The van der Waals surface area contributed by atoms with Crippen LogP contribution in [0, 0.1) is 5.41 Å². The number of halogens is 2. The van der Waals surface area contributed by atoms with E-state index in [0.717, 1.165) is 11.3 Å². The molecule has 1 aromatic carbocycles. The first kappa shape index (κ1) is 19.0. The first-order valence-corrected chi connectivity index (χ1v) is 6.40. The van der Waals surface area contributed by atoms with Crippen molar-refractivity contribution in [1.29, 1.82) is 0 Å². The first-order valence-electron chi connectivity index (χ1n) is 6.02. The Bertz CT molecular complexity index is 476. The van der Waals surface area contributed by atoms with E-state index in [1.807, 2.05) is 37.2 Å². The van der Waals surface area contributed by atoms with Crippen molar-refractivity contribution < 1.29 is 9.53 Å². The van der Waals surface area contributed by atoms with Crippen molar-refractivity contribution in [2.75, 3.05) is 26.1 Å². The highest BCUT2D eigenvalue weighted by Gasteiger charge is 2.37. The summed E-state index contributed by atoms with van der Waals surface area (Å²) in [5.41, 5.74) is 7.06. The van der Waals surface area contributed by atoms with Gasteiger partial charge >= 0.3 is 5.97 Å². The van der Waals surface area contributed by atoms with E-state index in [-0.39, 0.29) is 18.4 Å². The quantitative estimate of drug-likeness (QED) is 0.866. The molecule has 1 aromatic rings. The van der Waals surface area contributed by atoms with Crippen LogP contribution in [0.5, 0.6) is 0 Å². The molecule has 0 bridgehead atoms. The number of hydrogen-bond acceptors (Lipinski definition) is 4. The van der Waals surface area contributed by atoms with Crippen molar-refractivity contribution in [2.45, 2.75) is 19.9 Å². The molecule has 2 N–H and O–H groups in total. The lowest BCUT2D eigenvalue weighted by molar-refractivity contribution is -0.152. The molecule has 0 aromatic heterocycles. The molecule has 1 atom stereocenters. The van der Waals surface area contributed by atoms with E-state index in [9.17, 15) is 4.79 Å². The first-order chi connectivity index (χ1) is 8.71. The molecular formula is C14H22Cl2N2O2. The lowest BCUT2D eigenvalue weighted by Crippen LogP contribution is -2.37. The summed E-state index contributed by atoms with van der Waals surface area (Å²) in [6.07, 6.45) is 0. The molecule has 0 fully saturated rings. The third kappa shape index (κ3) is 3.78. The molecule has 0 radical (unpaired) electrons. The number of esters is 1. The Balaban J connectivity index is 0.00000361. The number of carbonyl (C=O) groups is 1. The van der Waals surface area contributed by atoms with Crippen molar-refractivity contribution in [3.05, 3.63) is 28.8 Å². The number of carbonyl (C=O) groups excluding carboxylic acids is 1. The fourth-order valence-electron chi connectivity index (χ4n) is 1.83. The maximum atomic E-state index is 11.8. The predicted octanol–water partition coefficient (Wildman–Crippen LogP) is 3.03. The highest BCUT2D eigenvalue weighted by atomic mass is 35.5. The van der Waals surface area contributed by atoms with Crippen molar-refractivity contribution >= 4 is 35.7 Å². The van der Waals surface area contributed by atoms with Crippen molar-refractivity contribution in [1.82, 2.24) is 0 Å². The zero-order valence-electron chi connectivity index (χ0n) is 12.4. The van der Waals surface area contributed by atoms with Gasteiger partial charge in [-0.05, 0) is 31.5 Å². The molecule has 1 rings (SSSR count). The molecule has 0 aliphatic carbocycles. The van der Waals surface area contributed by atoms with Gasteiger partial charge in [-0.3, -0.25) is 4.79 Å². The normalized spacial score (nSPS) is 12.3. The Morgan fingerprint density at radius 3 is 2.35 bits per heavy atom. The molecule has 4 nitrogen and oxygen atoms in total. The maximum Gasteiger partial charge on any atom is 0.313 e. The minimum Gasteiger partial charge on any atom is -0.469 e. The SMILES string of the molecule is COC(=O)C(C)(C)[C@@H](N)c1ccc(N(C)C)cc1Cl.Cl. The Labute approximate surface area is 131 Å². The highest BCUT2D eigenvalue weighted by molar-refractivity contribution is 6.31. The highest BCUT2D eigenvalue weighted by Crippen LogP contribution is 2.37. The summed E-state index contributed by atoms with van der Waals surface area (Å²) in [6.45, 7) is 3.50. The summed E-state index contributed by atoms with van der Waals surface area (Å²) in [5.74, 6) is -0.354. The van der Waals surface area contributed by atoms with Crippen molar-refractivity contribution in [3.8, 4) is 0 Å². The van der Waals surface area contributed by atoms with Gasteiger partial charge in [0, 0.05) is 30.8 Å². The largest absolute Gasteiger partial charge is 0.469 e. The van der Waals surface area contributed by atoms with Gasteiger partial charge in [0.25, 0.3) is 0 Å². The van der Waals surface area contributed by atoms with Crippen LogP contribution in [-0.2, 0) is 9.53 Å². The molecule has 0 heterocycles. The predicted molar refractivity (Wildman–Crippen MR) is 85.8 cm³/mol. The van der Waals surface area contributed by atoms with Crippen LogP contribution in [0.3, 0.4) is 0 Å². The molecule has 0 unspecified atom stereocenters.